The van der Waals surface area contributed by atoms with E-state index in [4.69, 9.17) is 4.74 Å². The Morgan fingerprint density at radius 3 is 2.41 bits per heavy atom. The second-order valence-electron chi connectivity index (χ2n) is 9.40. The summed E-state index contributed by atoms with van der Waals surface area (Å²) in [5.74, 6) is -1.07. The van der Waals surface area contributed by atoms with Crippen LogP contribution in [-0.2, 0) is 25.7 Å². The minimum absolute atomic E-state index is 0.0792. The molecule has 0 atom stereocenters. The topological polar surface area (TPSA) is 122 Å². The van der Waals surface area contributed by atoms with Gasteiger partial charge in [-0.25, -0.2) is 9.97 Å². The van der Waals surface area contributed by atoms with Crippen molar-refractivity contribution in [3.63, 3.8) is 0 Å². The highest BCUT2D eigenvalue weighted by atomic mass is 32.2. The molecule has 3 heterocycles. The lowest BCUT2D eigenvalue weighted by atomic mass is 9.80. The average Bonchev–Trinajstić information content (AvgIpc) is 2.88. The molecule has 2 aromatic heterocycles. The number of carboxylic acids is 1. The minimum Gasteiger partial charge on any atom is -0.481 e. The van der Waals surface area contributed by atoms with Crippen molar-refractivity contribution in [2.75, 3.05) is 36.4 Å². The second-order valence-corrected chi connectivity index (χ2v) is 11.0. The number of ether oxygens (including phenoxy) is 1. The van der Waals surface area contributed by atoms with Gasteiger partial charge < -0.3 is 14.7 Å². The molecule has 13 heteroatoms. The van der Waals surface area contributed by atoms with E-state index in [0.29, 0.717) is 31.6 Å². The zero-order valence-corrected chi connectivity index (χ0v) is 22.0. The van der Waals surface area contributed by atoms with Crippen molar-refractivity contribution in [2.24, 2.45) is 5.41 Å². The van der Waals surface area contributed by atoms with Crippen molar-refractivity contribution in [3.8, 4) is 11.3 Å². The molecule has 1 aliphatic rings. The van der Waals surface area contributed by atoms with Gasteiger partial charge in [0, 0.05) is 32.4 Å². The highest BCUT2D eigenvalue weighted by molar-refractivity contribution is 7.92. The number of carbonyl (C=O) groups is 1. The Balaban J connectivity index is 1.63. The number of anilines is 2. The second kappa shape index (κ2) is 10.8. The molecule has 3 aromatic rings. The van der Waals surface area contributed by atoms with Gasteiger partial charge in [0.05, 0.1) is 16.7 Å². The van der Waals surface area contributed by atoms with Gasteiger partial charge in [-0.2, -0.15) is 21.6 Å². The van der Waals surface area contributed by atoms with Crippen LogP contribution in [0.4, 0.5) is 24.8 Å². The summed E-state index contributed by atoms with van der Waals surface area (Å²) in [5.41, 5.74) is -1.72. The third kappa shape index (κ3) is 6.14. The van der Waals surface area contributed by atoms with Gasteiger partial charge in [0.15, 0.2) is 5.03 Å². The molecule has 0 saturated carbocycles. The van der Waals surface area contributed by atoms with Crippen molar-refractivity contribution in [2.45, 2.75) is 31.0 Å². The molecule has 4 rings (SSSR count). The van der Waals surface area contributed by atoms with E-state index in [1.54, 1.807) is 43.1 Å². The first-order valence-electron chi connectivity index (χ1n) is 12.0. The van der Waals surface area contributed by atoms with E-state index in [1.165, 1.54) is 18.2 Å². The van der Waals surface area contributed by atoms with Crippen LogP contribution in [0.2, 0.25) is 0 Å². The average molecular weight is 565 g/mol. The number of sulfonamides is 1. The molecule has 208 valence electrons. The van der Waals surface area contributed by atoms with Crippen molar-refractivity contribution in [1.82, 2.24) is 9.97 Å². The fourth-order valence-corrected chi connectivity index (χ4v) is 5.45. The number of pyridine rings is 2. The van der Waals surface area contributed by atoms with Crippen molar-refractivity contribution in [3.05, 3.63) is 65.7 Å². The van der Waals surface area contributed by atoms with Crippen LogP contribution in [0.25, 0.3) is 11.3 Å². The minimum atomic E-state index is -4.71. The van der Waals surface area contributed by atoms with Crippen LogP contribution in [0.1, 0.15) is 24.0 Å². The number of nitrogens with one attached hydrogen (secondary N) is 1. The number of halogens is 3. The molecule has 9 nitrogen and oxygen atoms in total. The summed E-state index contributed by atoms with van der Waals surface area (Å²) in [6.07, 6.45) is -4.11. The van der Waals surface area contributed by atoms with Crippen LogP contribution >= 0.6 is 0 Å². The lowest BCUT2D eigenvalue weighted by Crippen LogP contribution is -2.46. The smallest absolute Gasteiger partial charge is 0.418 e. The molecule has 0 spiro atoms. The van der Waals surface area contributed by atoms with Crippen molar-refractivity contribution >= 4 is 27.6 Å². The molecule has 0 amide bonds. The van der Waals surface area contributed by atoms with E-state index in [1.807, 2.05) is 0 Å². The normalized spacial score (nSPS) is 15.5. The third-order valence-corrected chi connectivity index (χ3v) is 7.91. The summed E-state index contributed by atoms with van der Waals surface area (Å²) in [4.78, 5) is 21.8. The van der Waals surface area contributed by atoms with E-state index >= 15 is 0 Å². The standard InChI is InChI=1S/C26H27F3N4O5S/c1-17-6-3-4-7-18(17)23-19(26(27,28)29)10-11-20(30-23)32-39(36,37)22-9-5-8-21(31-22)33(2)16-25(24(34)35)12-14-38-15-13-25/h3-11H,12-16H2,1-2H3,(H,30,32)(H,34,35). The van der Waals surface area contributed by atoms with Gasteiger partial charge in [-0.3, -0.25) is 9.52 Å². The van der Waals surface area contributed by atoms with Crippen LogP contribution in [0, 0.1) is 12.3 Å². The van der Waals surface area contributed by atoms with E-state index in [9.17, 15) is 31.5 Å². The maximum Gasteiger partial charge on any atom is 0.418 e. The summed E-state index contributed by atoms with van der Waals surface area (Å²) in [6.45, 7) is 2.32. The number of rotatable bonds is 8. The molecule has 0 unspecified atom stereocenters. The van der Waals surface area contributed by atoms with Gasteiger partial charge in [-0.15, -0.1) is 0 Å². The molecule has 0 bridgehead atoms. The Morgan fingerprint density at radius 1 is 1.08 bits per heavy atom. The SMILES string of the molecule is Cc1ccccc1-c1nc(NS(=O)(=O)c2cccc(N(C)CC3(C(=O)O)CCOCC3)n2)ccc1C(F)(F)F. The number of carboxylic acid groups (broad SMARTS) is 1. The molecule has 0 aliphatic carbocycles. The number of hydrogen-bond donors (Lipinski definition) is 2. The Labute approximate surface area is 223 Å². The number of aryl methyl sites for hydroxylation is 1. The Morgan fingerprint density at radius 2 is 1.77 bits per heavy atom. The lowest BCUT2D eigenvalue weighted by Gasteiger charge is -2.36. The number of nitrogens with zero attached hydrogens (tertiary/aromatic N) is 3. The van der Waals surface area contributed by atoms with Crippen LogP contribution in [0.3, 0.4) is 0 Å². The summed E-state index contributed by atoms with van der Waals surface area (Å²) in [6, 6.07) is 12.3. The highest BCUT2D eigenvalue weighted by Crippen LogP contribution is 2.38. The number of hydrogen-bond acceptors (Lipinski definition) is 7. The Hall–Kier alpha value is -3.71. The fraction of sp³-hybridized carbons (Fsp3) is 0.346. The number of benzene rings is 1. The summed E-state index contributed by atoms with van der Waals surface area (Å²) in [7, 11) is -2.75. The molecule has 1 fully saturated rings. The first-order chi connectivity index (χ1) is 18.3. The summed E-state index contributed by atoms with van der Waals surface area (Å²) < 4.78 is 75.0. The summed E-state index contributed by atoms with van der Waals surface area (Å²) in [5, 5.41) is 9.44. The fourth-order valence-electron chi connectivity index (χ4n) is 4.48. The molecular formula is C26H27F3N4O5S. The molecule has 1 aliphatic heterocycles. The molecule has 39 heavy (non-hydrogen) atoms. The van der Waals surface area contributed by atoms with Crippen LogP contribution < -0.4 is 9.62 Å². The van der Waals surface area contributed by atoms with Gasteiger partial charge in [-0.1, -0.05) is 30.3 Å². The van der Waals surface area contributed by atoms with Crippen LogP contribution in [-0.4, -0.2) is 56.3 Å². The lowest BCUT2D eigenvalue weighted by molar-refractivity contribution is -0.154. The molecular weight excluding hydrogens is 537 g/mol. The number of alkyl halides is 3. The third-order valence-electron chi connectivity index (χ3n) is 6.66. The Kier molecular flexibility index (Phi) is 7.84. The van der Waals surface area contributed by atoms with E-state index < -0.39 is 43.9 Å². The molecule has 1 aromatic carbocycles. The predicted molar refractivity (Wildman–Crippen MR) is 138 cm³/mol. The van der Waals surface area contributed by atoms with Crippen LogP contribution in [0.15, 0.2) is 59.6 Å². The largest absolute Gasteiger partial charge is 0.481 e. The maximum atomic E-state index is 13.7. The summed E-state index contributed by atoms with van der Waals surface area (Å²) >= 11 is 0. The zero-order valence-electron chi connectivity index (χ0n) is 21.2. The van der Waals surface area contributed by atoms with Crippen LogP contribution in [0.5, 0.6) is 0 Å². The van der Waals surface area contributed by atoms with E-state index in [0.717, 1.165) is 12.1 Å². The first-order valence-corrected chi connectivity index (χ1v) is 13.5. The predicted octanol–water partition coefficient (Wildman–Crippen LogP) is 4.59. The van der Waals surface area contributed by atoms with Crippen molar-refractivity contribution < 1.29 is 36.2 Å². The van der Waals surface area contributed by atoms with Gasteiger partial charge in [0.1, 0.15) is 11.6 Å². The van der Waals surface area contributed by atoms with Gasteiger partial charge in [0.2, 0.25) is 0 Å². The van der Waals surface area contributed by atoms with Crippen molar-refractivity contribution in [1.29, 1.82) is 0 Å². The zero-order chi connectivity index (χ0) is 28.4. The van der Waals surface area contributed by atoms with Gasteiger partial charge >= 0.3 is 12.1 Å². The molecule has 2 N–H and O–H groups in total. The van der Waals surface area contributed by atoms with E-state index in [2.05, 4.69) is 14.7 Å². The quantitative estimate of drug-likeness (QED) is 0.408. The molecule has 1 saturated heterocycles. The number of aromatic nitrogens is 2. The van der Waals surface area contributed by atoms with E-state index in [-0.39, 0.29) is 23.7 Å². The molecule has 0 radical (unpaired) electrons. The maximum absolute atomic E-state index is 13.7. The monoisotopic (exact) mass is 564 g/mol. The number of aliphatic carboxylic acids is 1. The Bertz CT molecular complexity index is 1470. The first kappa shape index (κ1) is 28.3. The van der Waals surface area contributed by atoms with Gasteiger partial charge in [-0.05, 0) is 49.6 Å². The highest BCUT2D eigenvalue weighted by Gasteiger charge is 2.41. The van der Waals surface area contributed by atoms with Gasteiger partial charge in [0.25, 0.3) is 10.0 Å².